The molecule has 0 aromatic rings. The summed E-state index contributed by atoms with van der Waals surface area (Å²) >= 11 is 0. The van der Waals surface area contributed by atoms with Crippen molar-refractivity contribution in [2.45, 2.75) is 0 Å². The highest BCUT2D eigenvalue weighted by Crippen LogP contribution is 2.33. The average Bonchev–Trinajstić information content (AvgIpc) is 2.38. The van der Waals surface area contributed by atoms with Crippen molar-refractivity contribution in [3.63, 3.8) is 0 Å². The second-order valence-corrected chi connectivity index (χ2v) is 2.69. The smallest absolute Gasteiger partial charge is 0.0453 e. The normalized spacial score (nSPS) is 9.54. The molecule has 0 spiro atoms. The Labute approximate surface area is 75.6 Å². The van der Waals surface area contributed by atoms with Crippen molar-refractivity contribution in [3.05, 3.63) is 52.9 Å². The molecule has 0 unspecified atom stereocenters. The Balaban J connectivity index is 2.68. The molecule has 0 aliphatic heterocycles. The first-order valence-corrected chi connectivity index (χ1v) is 3.94. The number of hydrogen-bond acceptors (Lipinski definition) is 1. The fourth-order valence-corrected chi connectivity index (χ4v) is 1.33. The summed E-state index contributed by atoms with van der Waals surface area (Å²) in [5.41, 5.74) is 11.1. The minimum absolute atomic E-state index is 0.689. The zero-order valence-electron chi connectivity index (χ0n) is 6.88. The van der Waals surface area contributed by atoms with E-state index >= 15 is 0 Å². The predicted molar refractivity (Wildman–Crippen MR) is 51.9 cm³/mol. The third kappa shape index (κ3) is 1.33. The molecule has 2 rings (SSSR count). The molecule has 0 radical (unpaired) electrons. The summed E-state index contributed by atoms with van der Waals surface area (Å²) in [5, 5.41) is 3.60. The van der Waals surface area contributed by atoms with Gasteiger partial charge >= 0.3 is 0 Å². The van der Waals surface area contributed by atoms with Crippen LogP contribution < -0.4 is 0 Å². The number of hydrogen-bond donors (Lipinski definition) is 0. The van der Waals surface area contributed by atoms with Gasteiger partial charge in [-0.05, 0) is 16.7 Å². The highest BCUT2D eigenvalue weighted by atomic mass is 15.1. The van der Waals surface area contributed by atoms with Gasteiger partial charge in [0.2, 0.25) is 0 Å². The van der Waals surface area contributed by atoms with E-state index in [1.165, 1.54) is 0 Å². The lowest BCUT2D eigenvalue weighted by Crippen LogP contribution is -1.63. The van der Waals surface area contributed by atoms with Crippen LogP contribution in [-0.4, -0.2) is 0 Å². The maximum Gasteiger partial charge on any atom is 0.0453 e. The molecule has 2 aliphatic rings. The number of fused-ring (bicyclic) bond motifs is 1. The van der Waals surface area contributed by atoms with E-state index in [0.29, 0.717) is 5.69 Å². The molecular formula is C10H7N3. The van der Waals surface area contributed by atoms with Gasteiger partial charge < -0.3 is 0 Å². The van der Waals surface area contributed by atoms with E-state index in [1.807, 2.05) is 42.5 Å². The number of nitrogens with zero attached hydrogens (tertiary/aromatic N) is 3. The predicted octanol–water partition coefficient (Wildman–Crippen LogP) is 3.73. The van der Waals surface area contributed by atoms with Crippen molar-refractivity contribution < 1.29 is 0 Å². The van der Waals surface area contributed by atoms with Crippen LogP contribution in [0.25, 0.3) is 21.6 Å². The Morgan fingerprint density at radius 3 is 2.69 bits per heavy atom. The van der Waals surface area contributed by atoms with Crippen LogP contribution in [0.2, 0.25) is 0 Å². The van der Waals surface area contributed by atoms with E-state index in [2.05, 4.69) is 10.0 Å². The van der Waals surface area contributed by atoms with Crippen LogP contribution in [-0.2, 0) is 0 Å². The first-order valence-electron chi connectivity index (χ1n) is 3.94. The van der Waals surface area contributed by atoms with Crippen molar-refractivity contribution in [2.75, 3.05) is 0 Å². The topological polar surface area (TPSA) is 48.8 Å². The summed E-state index contributed by atoms with van der Waals surface area (Å²) < 4.78 is 0. The molecule has 0 N–H and O–H groups in total. The fraction of sp³-hybridized carbons (Fsp3) is 0. The van der Waals surface area contributed by atoms with Crippen molar-refractivity contribution in [2.24, 2.45) is 5.11 Å². The van der Waals surface area contributed by atoms with Crippen LogP contribution in [0.1, 0.15) is 0 Å². The van der Waals surface area contributed by atoms with Crippen LogP contribution in [0.4, 0.5) is 5.69 Å². The van der Waals surface area contributed by atoms with E-state index in [-0.39, 0.29) is 0 Å². The highest BCUT2D eigenvalue weighted by molar-refractivity contribution is 5.79. The van der Waals surface area contributed by atoms with Crippen LogP contribution in [0.15, 0.2) is 47.6 Å². The lowest BCUT2D eigenvalue weighted by Gasteiger charge is -1.91. The zero-order chi connectivity index (χ0) is 9.10. The largest absolute Gasteiger partial charge is 0.0622 e. The minimum Gasteiger partial charge on any atom is -0.0622 e. The average molecular weight is 169 g/mol. The van der Waals surface area contributed by atoms with Gasteiger partial charge in [-0.15, -0.1) is 0 Å². The molecule has 0 fully saturated rings. The van der Waals surface area contributed by atoms with Gasteiger partial charge in [-0.2, -0.15) is 0 Å². The van der Waals surface area contributed by atoms with E-state index in [0.717, 1.165) is 11.1 Å². The van der Waals surface area contributed by atoms with Crippen LogP contribution in [0.3, 0.4) is 0 Å². The molecule has 0 atom stereocenters. The van der Waals surface area contributed by atoms with Crippen molar-refractivity contribution in [1.29, 1.82) is 0 Å². The molecular weight excluding hydrogens is 162 g/mol. The molecule has 0 amide bonds. The molecule has 3 nitrogen and oxygen atoms in total. The van der Waals surface area contributed by atoms with E-state index in [4.69, 9.17) is 5.53 Å². The lowest BCUT2D eigenvalue weighted by molar-refractivity contribution is 1.52. The van der Waals surface area contributed by atoms with Crippen molar-refractivity contribution in [3.8, 4) is 11.1 Å². The lowest BCUT2D eigenvalue weighted by atomic mass is 10.2. The van der Waals surface area contributed by atoms with Crippen LogP contribution >= 0.6 is 0 Å². The van der Waals surface area contributed by atoms with Gasteiger partial charge in [0.15, 0.2) is 0 Å². The Morgan fingerprint density at radius 2 is 1.85 bits per heavy atom. The molecule has 2 aliphatic carbocycles. The number of rotatable bonds is 1. The summed E-state index contributed by atoms with van der Waals surface area (Å²) in [5.74, 6) is 0. The molecule has 0 aromatic heterocycles. The van der Waals surface area contributed by atoms with Crippen molar-refractivity contribution in [1.82, 2.24) is 0 Å². The molecule has 0 saturated carbocycles. The third-order valence-corrected chi connectivity index (χ3v) is 1.92. The maximum atomic E-state index is 8.32. The summed E-state index contributed by atoms with van der Waals surface area (Å²) in [6.07, 6.45) is 0. The van der Waals surface area contributed by atoms with Gasteiger partial charge in [-0.1, -0.05) is 47.6 Å². The van der Waals surface area contributed by atoms with Crippen molar-refractivity contribution >= 4 is 5.69 Å². The van der Waals surface area contributed by atoms with Gasteiger partial charge in [0.05, 0.1) is 0 Å². The Bertz CT molecular complexity index is 444. The quantitative estimate of drug-likeness (QED) is 0.355. The first-order chi connectivity index (χ1) is 6.42. The first kappa shape index (κ1) is 7.65. The summed E-state index contributed by atoms with van der Waals surface area (Å²) in [7, 11) is 0. The van der Waals surface area contributed by atoms with E-state index < -0.39 is 0 Å². The minimum atomic E-state index is 0.689. The second kappa shape index (κ2) is 3.17. The van der Waals surface area contributed by atoms with E-state index in [1.54, 1.807) is 0 Å². The van der Waals surface area contributed by atoms with Crippen LogP contribution in [0.5, 0.6) is 0 Å². The molecule has 3 heteroatoms. The van der Waals surface area contributed by atoms with Gasteiger partial charge in [0.25, 0.3) is 0 Å². The third-order valence-electron chi connectivity index (χ3n) is 1.92. The SMILES string of the molecule is [N-]=[N+]=Nc1ccc2cccccc1-2. The van der Waals surface area contributed by atoms with Gasteiger partial charge in [-0.3, -0.25) is 0 Å². The van der Waals surface area contributed by atoms with Gasteiger partial charge in [0.1, 0.15) is 0 Å². The van der Waals surface area contributed by atoms with Crippen LogP contribution in [0, 0.1) is 0 Å². The number of azide groups is 1. The van der Waals surface area contributed by atoms with Gasteiger partial charge in [-0.25, -0.2) is 0 Å². The molecule has 0 bridgehead atoms. The van der Waals surface area contributed by atoms with E-state index in [9.17, 15) is 0 Å². The standard InChI is InChI=1S/C10H7N3/c11-13-12-10-7-6-8-4-2-1-3-5-9(8)10/h1-7H. The Kier molecular flexibility index (Phi) is 1.87. The molecule has 0 saturated heterocycles. The molecule has 13 heavy (non-hydrogen) atoms. The monoisotopic (exact) mass is 169 g/mol. The fourth-order valence-electron chi connectivity index (χ4n) is 1.33. The molecule has 62 valence electrons. The Morgan fingerprint density at radius 1 is 1.00 bits per heavy atom. The zero-order valence-corrected chi connectivity index (χ0v) is 6.88. The summed E-state index contributed by atoms with van der Waals surface area (Å²) in [4.78, 5) is 2.77. The molecule has 0 heterocycles. The van der Waals surface area contributed by atoms with Gasteiger partial charge in [0, 0.05) is 10.6 Å². The molecule has 0 aromatic carbocycles. The Hall–Kier alpha value is -1.99. The maximum absolute atomic E-state index is 8.32. The summed E-state index contributed by atoms with van der Waals surface area (Å²) in [6, 6.07) is 13.5. The highest BCUT2D eigenvalue weighted by Gasteiger charge is 2.04. The second-order valence-electron chi connectivity index (χ2n) is 2.69. The summed E-state index contributed by atoms with van der Waals surface area (Å²) in [6.45, 7) is 0.